The molecule has 1 atom stereocenters. The van der Waals surface area contributed by atoms with E-state index in [0.29, 0.717) is 49.6 Å². The number of ether oxygens (including phenoxy) is 2. The number of morpholine rings is 1. The van der Waals surface area contributed by atoms with Crippen LogP contribution in [0.1, 0.15) is 23.4 Å². The molecule has 1 unspecified atom stereocenters. The Kier molecular flexibility index (Phi) is 6.03. The maximum absolute atomic E-state index is 12.7. The zero-order valence-electron chi connectivity index (χ0n) is 16.0. The lowest BCUT2D eigenvalue weighted by molar-refractivity contribution is 0.0730. The smallest absolute Gasteiger partial charge is 0.243 e. The molecule has 4 rings (SSSR count). The van der Waals surface area contributed by atoms with Crippen LogP contribution in [-0.4, -0.2) is 63.6 Å². The van der Waals surface area contributed by atoms with Gasteiger partial charge in [0.15, 0.2) is 0 Å². The number of nitrogens with zero attached hydrogens (tertiary/aromatic N) is 2. The van der Waals surface area contributed by atoms with Crippen LogP contribution in [0.15, 0.2) is 40.6 Å². The van der Waals surface area contributed by atoms with Crippen LogP contribution in [0, 0.1) is 0 Å². The Labute approximate surface area is 170 Å². The van der Waals surface area contributed by atoms with E-state index in [1.165, 1.54) is 14.7 Å². The second-order valence-electron chi connectivity index (χ2n) is 7.10. The van der Waals surface area contributed by atoms with Gasteiger partial charge in [0.2, 0.25) is 10.0 Å². The van der Waals surface area contributed by atoms with Crippen molar-refractivity contribution in [2.24, 2.45) is 0 Å². The SMILES string of the molecule is CC1c2ccsc2CCN1CCOc1ccc(S(=O)(=O)N2CCOCC2)cc1. The molecule has 1 aromatic heterocycles. The average molecular weight is 423 g/mol. The van der Waals surface area contributed by atoms with Crippen LogP contribution in [0.4, 0.5) is 0 Å². The van der Waals surface area contributed by atoms with Gasteiger partial charge < -0.3 is 9.47 Å². The van der Waals surface area contributed by atoms with E-state index in [-0.39, 0.29) is 0 Å². The van der Waals surface area contributed by atoms with Crippen molar-refractivity contribution in [3.05, 3.63) is 46.2 Å². The highest BCUT2D eigenvalue weighted by atomic mass is 32.2. The summed E-state index contributed by atoms with van der Waals surface area (Å²) in [5, 5.41) is 2.17. The third-order valence-electron chi connectivity index (χ3n) is 5.48. The molecule has 1 aromatic carbocycles. The Morgan fingerprint density at radius 2 is 1.89 bits per heavy atom. The van der Waals surface area contributed by atoms with E-state index in [0.717, 1.165) is 19.5 Å². The standard InChI is InChI=1S/C20H26N2O4S2/c1-16-19-7-15-27-20(19)6-8-21(16)9-14-26-17-2-4-18(5-3-17)28(23,24)22-10-12-25-13-11-22/h2-5,7,15-16H,6,8-14H2,1H3. The highest BCUT2D eigenvalue weighted by Gasteiger charge is 2.26. The lowest BCUT2D eigenvalue weighted by Crippen LogP contribution is -2.40. The molecule has 2 aliphatic rings. The van der Waals surface area contributed by atoms with Crippen LogP contribution < -0.4 is 4.74 Å². The fraction of sp³-hybridized carbons (Fsp3) is 0.500. The zero-order chi connectivity index (χ0) is 19.6. The largest absolute Gasteiger partial charge is 0.492 e. The second-order valence-corrected chi connectivity index (χ2v) is 10.0. The summed E-state index contributed by atoms with van der Waals surface area (Å²) in [6, 6.07) is 9.38. The molecule has 0 amide bonds. The van der Waals surface area contributed by atoms with E-state index in [1.54, 1.807) is 24.3 Å². The van der Waals surface area contributed by atoms with Crippen LogP contribution in [0.3, 0.4) is 0 Å². The van der Waals surface area contributed by atoms with Crippen molar-refractivity contribution in [1.29, 1.82) is 0 Å². The van der Waals surface area contributed by atoms with Crippen molar-refractivity contribution in [2.75, 3.05) is 46.0 Å². The lowest BCUT2D eigenvalue weighted by atomic mass is 10.0. The first-order valence-electron chi connectivity index (χ1n) is 9.67. The average Bonchev–Trinajstić information content (AvgIpc) is 3.20. The highest BCUT2D eigenvalue weighted by Crippen LogP contribution is 2.32. The third kappa shape index (κ3) is 4.11. The van der Waals surface area contributed by atoms with E-state index < -0.39 is 10.0 Å². The van der Waals surface area contributed by atoms with E-state index in [4.69, 9.17) is 9.47 Å². The van der Waals surface area contributed by atoms with Crippen molar-refractivity contribution in [1.82, 2.24) is 9.21 Å². The van der Waals surface area contributed by atoms with E-state index in [2.05, 4.69) is 23.3 Å². The predicted octanol–water partition coefficient (Wildman–Crippen LogP) is 2.77. The van der Waals surface area contributed by atoms with Crippen LogP contribution in [-0.2, 0) is 21.2 Å². The molecule has 0 N–H and O–H groups in total. The maximum Gasteiger partial charge on any atom is 0.243 e. The predicted molar refractivity (Wildman–Crippen MR) is 110 cm³/mol. The topological polar surface area (TPSA) is 59.1 Å². The quantitative estimate of drug-likeness (QED) is 0.717. The highest BCUT2D eigenvalue weighted by molar-refractivity contribution is 7.89. The Bertz CT molecular complexity index is 889. The normalized spacial score (nSPS) is 21.4. The molecule has 2 aromatic rings. The maximum atomic E-state index is 12.7. The summed E-state index contributed by atoms with van der Waals surface area (Å²) in [6.07, 6.45) is 1.10. The van der Waals surface area contributed by atoms with Gasteiger partial charge >= 0.3 is 0 Å². The second kappa shape index (κ2) is 8.51. The lowest BCUT2D eigenvalue weighted by Gasteiger charge is -2.33. The van der Waals surface area contributed by atoms with E-state index in [9.17, 15) is 8.42 Å². The summed E-state index contributed by atoms with van der Waals surface area (Å²) in [6.45, 7) is 6.43. The van der Waals surface area contributed by atoms with Crippen molar-refractivity contribution in [2.45, 2.75) is 24.3 Å². The van der Waals surface area contributed by atoms with E-state index >= 15 is 0 Å². The molecular formula is C20H26N2O4S2. The third-order valence-corrected chi connectivity index (χ3v) is 8.39. The van der Waals surface area contributed by atoms with Crippen LogP contribution in [0.2, 0.25) is 0 Å². The Balaban J connectivity index is 1.31. The molecule has 1 fully saturated rings. The van der Waals surface area contributed by atoms with Crippen molar-refractivity contribution in [3.63, 3.8) is 0 Å². The van der Waals surface area contributed by atoms with Crippen molar-refractivity contribution in [3.8, 4) is 5.75 Å². The number of hydrogen-bond donors (Lipinski definition) is 0. The zero-order valence-corrected chi connectivity index (χ0v) is 17.7. The minimum Gasteiger partial charge on any atom is -0.492 e. The van der Waals surface area contributed by atoms with Gasteiger partial charge in [-0.05, 0) is 54.6 Å². The minimum absolute atomic E-state index is 0.302. The minimum atomic E-state index is -3.46. The molecule has 6 nitrogen and oxygen atoms in total. The molecular weight excluding hydrogens is 396 g/mol. The molecule has 3 heterocycles. The summed E-state index contributed by atoms with van der Waals surface area (Å²) in [7, 11) is -3.46. The Morgan fingerprint density at radius 1 is 1.14 bits per heavy atom. The van der Waals surface area contributed by atoms with Gasteiger partial charge in [0.05, 0.1) is 18.1 Å². The first-order chi connectivity index (χ1) is 13.6. The summed E-state index contributed by atoms with van der Waals surface area (Å²) in [5.74, 6) is 0.696. The summed E-state index contributed by atoms with van der Waals surface area (Å²) in [4.78, 5) is 4.24. The van der Waals surface area contributed by atoms with Gasteiger partial charge in [-0.2, -0.15) is 4.31 Å². The molecule has 152 valence electrons. The number of benzene rings is 1. The Hall–Kier alpha value is -1.45. The number of thiophene rings is 1. The van der Waals surface area contributed by atoms with Crippen LogP contribution >= 0.6 is 11.3 Å². The van der Waals surface area contributed by atoms with Gasteiger partial charge in [-0.3, -0.25) is 4.90 Å². The van der Waals surface area contributed by atoms with Gasteiger partial charge in [0.1, 0.15) is 12.4 Å². The molecule has 28 heavy (non-hydrogen) atoms. The first-order valence-corrected chi connectivity index (χ1v) is 12.0. The van der Waals surface area contributed by atoms with Gasteiger partial charge in [0, 0.05) is 37.1 Å². The molecule has 1 saturated heterocycles. The van der Waals surface area contributed by atoms with Gasteiger partial charge in [-0.25, -0.2) is 8.42 Å². The molecule has 0 radical (unpaired) electrons. The van der Waals surface area contributed by atoms with Crippen molar-refractivity contribution < 1.29 is 17.9 Å². The number of sulfonamides is 1. The molecule has 0 bridgehead atoms. The van der Waals surface area contributed by atoms with Gasteiger partial charge in [0.25, 0.3) is 0 Å². The monoisotopic (exact) mass is 422 g/mol. The fourth-order valence-electron chi connectivity index (χ4n) is 3.79. The summed E-state index contributed by atoms with van der Waals surface area (Å²) < 4.78 is 37.9. The summed E-state index contributed by atoms with van der Waals surface area (Å²) >= 11 is 1.85. The molecule has 0 aliphatic carbocycles. The van der Waals surface area contributed by atoms with Crippen LogP contribution in [0.5, 0.6) is 5.75 Å². The van der Waals surface area contributed by atoms with E-state index in [1.807, 2.05) is 11.3 Å². The Morgan fingerprint density at radius 3 is 2.64 bits per heavy atom. The van der Waals surface area contributed by atoms with Gasteiger partial charge in [-0.15, -0.1) is 11.3 Å². The van der Waals surface area contributed by atoms with Gasteiger partial charge in [-0.1, -0.05) is 0 Å². The molecule has 0 spiro atoms. The fourth-order valence-corrected chi connectivity index (χ4v) is 6.16. The molecule has 2 aliphatic heterocycles. The molecule has 8 heteroatoms. The summed E-state index contributed by atoms with van der Waals surface area (Å²) in [5.41, 5.74) is 1.44. The molecule has 0 saturated carbocycles. The first kappa shape index (κ1) is 19.8. The van der Waals surface area contributed by atoms with Crippen LogP contribution in [0.25, 0.3) is 0 Å². The van der Waals surface area contributed by atoms with Crippen molar-refractivity contribution >= 4 is 21.4 Å². The number of hydrogen-bond acceptors (Lipinski definition) is 6. The number of rotatable bonds is 6. The number of fused-ring (bicyclic) bond motifs is 1.